The van der Waals surface area contributed by atoms with Crippen molar-refractivity contribution in [2.75, 3.05) is 18.6 Å². The molecule has 0 atom stereocenters. The minimum absolute atomic E-state index is 0.0238. The van der Waals surface area contributed by atoms with E-state index in [4.69, 9.17) is 0 Å². The molecule has 0 fully saturated rings. The Kier molecular flexibility index (Phi) is 5.58. The number of nitrogens with one attached hydrogen (secondary N) is 2. The van der Waals surface area contributed by atoms with Gasteiger partial charge in [-0.1, -0.05) is 53.1 Å². The highest BCUT2D eigenvalue weighted by Crippen LogP contribution is 2.27. The molecular weight excluding hydrogens is 348 g/mol. The number of carbonyl (C=O) groups is 1. The molecule has 3 rings (SSSR count). The van der Waals surface area contributed by atoms with Crippen molar-refractivity contribution in [1.82, 2.24) is 20.5 Å². The molecule has 2 heterocycles. The first-order valence-corrected chi connectivity index (χ1v) is 10.1. The summed E-state index contributed by atoms with van der Waals surface area (Å²) in [6.45, 7) is 0.632. The SMILES string of the molecule is CSc1nnc(SCC(=O)NCCc2c[nH]c3ccccc23)s1. The quantitative estimate of drug-likeness (QED) is 0.630. The molecule has 0 saturated heterocycles. The Morgan fingerprint density at radius 1 is 1.30 bits per heavy atom. The first-order valence-electron chi connectivity index (χ1n) is 7.08. The number of para-hydroxylation sites is 1. The lowest BCUT2D eigenvalue weighted by Crippen LogP contribution is -2.27. The third kappa shape index (κ3) is 4.27. The highest BCUT2D eigenvalue weighted by Gasteiger charge is 2.08. The van der Waals surface area contributed by atoms with Crippen LogP contribution in [0.1, 0.15) is 5.56 Å². The van der Waals surface area contributed by atoms with E-state index >= 15 is 0 Å². The van der Waals surface area contributed by atoms with E-state index in [1.165, 1.54) is 34.0 Å². The molecule has 0 aliphatic carbocycles. The van der Waals surface area contributed by atoms with Gasteiger partial charge in [0, 0.05) is 23.6 Å². The molecule has 1 aromatic carbocycles. The summed E-state index contributed by atoms with van der Waals surface area (Å²) >= 11 is 4.51. The van der Waals surface area contributed by atoms with E-state index in [1.54, 1.807) is 11.8 Å². The van der Waals surface area contributed by atoms with Gasteiger partial charge < -0.3 is 10.3 Å². The van der Waals surface area contributed by atoms with E-state index in [9.17, 15) is 4.79 Å². The number of aromatic nitrogens is 3. The number of fused-ring (bicyclic) bond motifs is 1. The van der Waals surface area contributed by atoms with E-state index in [1.807, 2.05) is 24.6 Å². The van der Waals surface area contributed by atoms with Gasteiger partial charge >= 0.3 is 0 Å². The Hall–Kier alpha value is -1.51. The van der Waals surface area contributed by atoms with Crippen LogP contribution < -0.4 is 5.32 Å². The molecule has 5 nitrogen and oxygen atoms in total. The molecule has 0 aliphatic rings. The van der Waals surface area contributed by atoms with Crippen molar-refractivity contribution in [3.63, 3.8) is 0 Å². The third-order valence-electron chi connectivity index (χ3n) is 3.28. The zero-order valence-electron chi connectivity index (χ0n) is 12.5. The lowest BCUT2D eigenvalue weighted by Gasteiger charge is -2.03. The summed E-state index contributed by atoms with van der Waals surface area (Å²) in [4.78, 5) is 15.1. The number of hydrogen-bond acceptors (Lipinski definition) is 6. The first kappa shape index (κ1) is 16.4. The Morgan fingerprint density at radius 2 is 2.13 bits per heavy atom. The fourth-order valence-electron chi connectivity index (χ4n) is 2.19. The number of benzene rings is 1. The summed E-state index contributed by atoms with van der Waals surface area (Å²) in [5.41, 5.74) is 2.35. The van der Waals surface area contributed by atoms with Crippen LogP contribution in [0.5, 0.6) is 0 Å². The summed E-state index contributed by atoms with van der Waals surface area (Å²) < 4.78 is 1.76. The van der Waals surface area contributed by atoms with Crippen molar-refractivity contribution in [1.29, 1.82) is 0 Å². The van der Waals surface area contributed by atoms with Crippen molar-refractivity contribution < 1.29 is 4.79 Å². The number of hydrogen-bond donors (Lipinski definition) is 2. The minimum Gasteiger partial charge on any atom is -0.361 e. The summed E-state index contributed by atoms with van der Waals surface area (Å²) in [6, 6.07) is 8.19. The van der Waals surface area contributed by atoms with E-state index in [-0.39, 0.29) is 5.91 Å². The monoisotopic (exact) mass is 364 g/mol. The van der Waals surface area contributed by atoms with E-state index < -0.39 is 0 Å². The molecule has 0 spiro atoms. The minimum atomic E-state index is 0.0238. The van der Waals surface area contributed by atoms with Crippen molar-refractivity contribution in [3.8, 4) is 0 Å². The smallest absolute Gasteiger partial charge is 0.230 e. The Labute approximate surface area is 146 Å². The average molecular weight is 365 g/mol. The fourth-order valence-corrected chi connectivity index (χ4v) is 4.46. The van der Waals surface area contributed by atoms with Crippen molar-refractivity contribution >= 4 is 51.7 Å². The largest absolute Gasteiger partial charge is 0.361 e. The number of aromatic amines is 1. The maximum atomic E-state index is 11.9. The predicted octanol–water partition coefficient (Wildman–Crippen LogP) is 3.19. The fraction of sp³-hybridized carbons (Fsp3) is 0.267. The number of H-pyrrole nitrogens is 1. The molecule has 23 heavy (non-hydrogen) atoms. The van der Waals surface area contributed by atoms with Crippen LogP contribution >= 0.6 is 34.9 Å². The van der Waals surface area contributed by atoms with Gasteiger partial charge in [-0.2, -0.15) is 0 Å². The second-order valence-electron chi connectivity index (χ2n) is 4.79. The van der Waals surface area contributed by atoms with Gasteiger partial charge in [0.25, 0.3) is 0 Å². The second kappa shape index (κ2) is 7.85. The number of thioether (sulfide) groups is 2. The first-order chi connectivity index (χ1) is 11.3. The number of amides is 1. The number of rotatable bonds is 7. The van der Waals surface area contributed by atoms with Crippen LogP contribution in [-0.4, -0.2) is 39.6 Å². The molecule has 120 valence electrons. The summed E-state index contributed by atoms with van der Waals surface area (Å²) in [5.74, 6) is 0.396. The molecule has 0 bridgehead atoms. The molecule has 0 unspecified atom stereocenters. The highest BCUT2D eigenvalue weighted by molar-refractivity contribution is 8.03. The zero-order valence-corrected chi connectivity index (χ0v) is 15.0. The Bertz CT molecular complexity index is 799. The van der Waals surface area contributed by atoms with Crippen LogP contribution in [0, 0.1) is 0 Å². The van der Waals surface area contributed by atoms with Crippen molar-refractivity contribution in [2.45, 2.75) is 15.1 Å². The van der Waals surface area contributed by atoms with Gasteiger partial charge in [-0.3, -0.25) is 4.79 Å². The van der Waals surface area contributed by atoms with E-state index in [0.717, 1.165) is 20.6 Å². The van der Waals surface area contributed by atoms with Crippen LogP contribution in [0.25, 0.3) is 10.9 Å². The Morgan fingerprint density at radius 3 is 2.96 bits per heavy atom. The summed E-state index contributed by atoms with van der Waals surface area (Å²) in [6.07, 6.45) is 4.79. The lowest BCUT2D eigenvalue weighted by atomic mass is 10.1. The standard InChI is InChI=1S/C15H16N4OS3/c1-21-14-18-19-15(23-14)22-9-13(20)16-7-6-10-8-17-12-5-3-2-4-11(10)12/h2-5,8,17H,6-7,9H2,1H3,(H,16,20). The molecule has 2 aromatic heterocycles. The topological polar surface area (TPSA) is 70.7 Å². The average Bonchev–Trinajstić information content (AvgIpc) is 3.20. The van der Waals surface area contributed by atoms with E-state index in [2.05, 4.69) is 32.6 Å². The summed E-state index contributed by atoms with van der Waals surface area (Å²) in [7, 11) is 0. The maximum absolute atomic E-state index is 11.9. The van der Waals surface area contributed by atoms with Gasteiger partial charge in [-0.15, -0.1) is 10.2 Å². The molecular formula is C15H16N4OS3. The van der Waals surface area contributed by atoms with Crippen LogP contribution in [0.4, 0.5) is 0 Å². The molecule has 2 N–H and O–H groups in total. The third-order valence-corrected chi connectivity index (χ3v) is 6.31. The van der Waals surface area contributed by atoms with Crippen LogP contribution in [0.2, 0.25) is 0 Å². The molecule has 0 saturated carbocycles. The lowest BCUT2D eigenvalue weighted by molar-refractivity contribution is -0.118. The van der Waals surface area contributed by atoms with Gasteiger partial charge in [0.05, 0.1) is 5.75 Å². The molecule has 1 amide bonds. The normalized spacial score (nSPS) is 11.0. The number of nitrogens with zero attached hydrogens (tertiary/aromatic N) is 2. The summed E-state index contributed by atoms with van der Waals surface area (Å²) in [5, 5.41) is 12.2. The second-order valence-corrected chi connectivity index (χ2v) is 8.04. The zero-order chi connectivity index (χ0) is 16.1. The molecule has 8 heteroatoms. The maximum Gasteiger partial charge on any atom is 0.230 e. The van der Waals surface area contributed by atoms with Crippen LogP contribution in [-0.2, 0) is 11.2 Å². The Balaban J connectivity index is 1.44. The predicted molar refractivity (Wildman–Crippen MR) is 97.4 cm³/mol. The van der Waals surface area contributed by atoms with Gasteiger partial charge in [0.15, 0.2) is 8.68 Å². The van der Waals surface area contributed by atoms with Gasteiger partial charge in [-0.25, -0.2) is 0 Å². The van der Waals surface area contributed by atoms with Crippen molar-refractivity contribution in [3.05, 3.63) is 36.0 Å². The van der Waals surface area contributed by atoms with Crippen LogP contribution in [0.3, 0.4) is 0 Å². The van der Waals surface area contributed by atoms with Crippen LogP contribution in [0.15, 0.2) is 39.1 Å². The molecule has 0 radical (unpaired) electrons. The van der Waals surface area contributed by atoms with Gasteiger partial charge in [-0.05, 0) is 24.3 Å². The van der Waals surface area contributed by atoms with Gasteiger partial charge in [0.2, 0.25) is 5.91 Å². The van der Waals surface area contributed by atoms with Crippen molar-refractivity contribution in [2.24, 2.45) is 0 Å². The van der Waals surface area contributed by atoms with E-state index in [0.29, 0.717) is 12.3 Å². The number of carbonyl (C=O) groups excluding carboxylic acids is 1. The molecule has 3 aromatic rings. The molecule has 0 aliphatic heterocycles. The highest BCUT2D eigenvalue weighted by atomic mass is 32.2. The van der Waals surface area contributed by atoms with Gasteiger partial charge in [0.1, 0.15) is 0 Å².